The number of hydrogen-bond donors (Lipinski definition) is 1. The number of benzene rings is 1. The van der Waals surface area contributed by atoms with Crippen LogP contribution in [-0.2, 0) is 23.8 Å². The van der Waals surface area contributed by atoms with E-state index in [1.165, 1.54) is 0 Å². The molecule has 0 aliphatic carbocycles. The fraction of sp³-hybridized carbons (Fsp3) is 0.455. The zero-order valence-corrected chi connectivity index (χ0v) is 13.1. The second kappa shape index (κ2) is 6.07. The molecule has 0 atom stereocenters. The van der Waals surface area contributed by atoms with E-state index in [0.717, 1.165) is 12.1 Å². The van der Waals surface area contributed by atoms with E-state index >= 15 is 0 Å². The molecule has 1 aromatic rings. The van der Waals surface area contributed by atoms with Gasteiger partial charge in [0.15, 0.2) is 0 Å². The summed E-state index contributed by atoms with van der Waals surface area (Å²) < 4.78 is 67.4. The molecule has 2 rings (SSSR count). The summed E-state index contributed by atoms with van der Waals surface area (Å²) in [6.07, 6.45) is 0.649. The summed E-state index contributed by atoms with van der Waals surface area (Å²) in [7, 11) is -2.74. The van der Waals surface area contributed by atoms with Crippen LogP contribution in [0.5, 0.6) is 0 Å². The number of anilines is 1. The zero-order valence-electron chi connectivity index (χ0n) is 10.8. The van der Waals surface area contributed by atoms with Crippen molar-refractivity contribution in [1.82, 2.24) is 0 Å². The van der Waals surface area contributed by atoms with E-state index in [4.69, 9.17) is 15.4 Å². The summed E-state index contributed by atoms with van der Waals surface area (Å²) in [4.78, 5) is -0.435. The highest BCUT2D eigenvalue weighted by Gasteiger charge is 2.28. The lowest BCUT2D eigenvalue weighted by molar-refractivity contribution is 0.0984. The van der Waals surface area contributed by atoms with Gasteiger partial charge in [-0.2, -0.15) is 0 Å². The third-order valence-corrected chi connectivity index (χ3v) is 6.29. The Kier molecular flexibility index (Phi) is 4.76. The summed E-state index contributed by atoms with van der Waals surface area (Å²) >= 11 is 0. The smallest absolute Gasteiger partial charge is 0.261 e. The minimum absolute atomic E-state index is 0.314. The average Bonchev–Trinajstić information content (AvgIpc) is 2.41. The molecule has 6 nitrogen and oxygen atoms in total. The molecule has 1 saturated heterocycles. The highest BCUT2D eigenvalue weighted by atomic mass is 35.7. The molecule has 0 amide bonds. The Balaban J connectivity index is 2.23. The van der Waals surface area contributed by atoms with Gasteiger partial charge in [-0.1, -0.05) is 0 Å². The molecular formula is C11H13ClFNO5S2. The fourth-order valence-corrected chi connectivity index (χ4v) is 4.17. The first kappa shape index (κ1) is 16.5. The molecule has 0 radical (unpaired) electrons. The van der Waals surface area contributed by atoms with Crippen LogP contribution in [0.1, 0.15) is 12.8 Å². The van der Waals surface area contributed by atoms with Crippen molar-refractivity contribution in [3.05, 3.63) is 24.0 Å². The van der Waals surface area contributed by atoms with Crippen molar-refractivity contribution in [2.75, 3.05) is 17.9 Å². The number of hydrogen-bond acceptors (Lipinski definition) is 5. The fourth-order valence-electron chi connectivity index (χ4n) is 1.95. The number of nitrogens with one attached hydrogen (secondary N) is 1. The standard InChI is InChI=1S/C11H13ClFNO5S2/c12-20(15,16)9-1-2-11(10(13)7-9)14-21(17,18)8-3-5-19-6-4-8/h1-2,7-8,14H,3-6H2. The molecule has 0 saturated carbocycles. The first-order chi connectivity index (χ1) is 9.70. The number of halogens is 2. The van der Waals surface area contributed by atoms with E-state index in [0.29, 0.717) is 32.1 Å². The van der Waals surface area contributed by atoms with E-state index in [2.05, 4.69) is 4.72 Å². The van der Waals surface area contributed by atoms with Crippen LogP contribution in [0, 0.1) is 5.82 Å². The predicted molar refractivity (Wildman–Crippen MR) is 75.8 cm³/mol. The van der Waals surface area contributed by atoms with Crippen LogP contribution < -0.4 is 4.72 Å². The summed E-state index contributed by atoms with van der Waals surface area (Å²) in [6.45, 7) is 0.662. The van der Waals surface area contributed by atoms with Crippen molar-refractivity contribution in [3.8, 4) is 0 Å². The summed E-state index contributed by atoms with van der Waals surface area (Å²) in [5, 5.41) is -0.665. The molecule has 1 fully saturated rings. The van der Waals surface area contributed by atoms with Gasteiger partial charge in [0.2, 0.25) is 10.0 Å². The quantitative estimate of drug-likeness (QED) is 0.828. The van der Waals surface area contributed by atoms with E-state index in [9.17, 15) is 21.2 Å². The van der Waals surface area contributed by atoms with Crippen LogP contribution in [0.3, 0.4) is 0 Å². The number of ether oxygens (including phenoxy) is 1. The Morgan fingerprint density at radius 1 is 1.19 bits per heavy atom. The van der Waals surface area contributed by atoms with E-state index in [1.807, 2.05) is 0 Å². The minimum Gasteiger partial charge on any atom is -0.381 e. The van der Waals surface area contributed by atoms with Crippen molar-refractivity contribution in [2.24, 2.45) is 0 Å². The van der Waals surface area contributed by atoms with Crippen LogP contribution in [0.2, 0.25) is 0 Å². The molecule has 1 aromatic carbocycles. The van der Waals surface area contributed by atoms with E-state index in [-0.39, 0.29) is 5.69 Å². The maximum absolute atomic E-state index is 13.8. The van der Waals surface area contributed by atoms with Gasteiger partial charge in [0.05, 0.1) is 15.8 Å². The number of rotatable bonds is 4. The SMILES string of the molecule is O=S(=O)(Cl)c1ccc(NS(=O)(=O)C2CCOCC2)c(F)c1. The molecule has 1 aliphatic rings. The Morgan fingerprint density at radius 2 is 1.81 bits per heavy atom. The van der Waals surface area contributed by atoms with Crippen LogP contribution in [0.4, 0.5) is 10.1 Å². The molecule has 1 N–H and O–H groups in total. The lowest BCUT2D eigenvalue weighted by Crippen LogP contribution is -2.33. The maximum atomic E-state index is 13.8. The zero-order chi connectivity index (χ0) is 15.7. The molecule has 118 valence electrons. The highest BCUT2D eigenvalue weighted by Crippen LogP contribution is 2.24. The largest absolute Gasteiger partial charge is 0.381 e. The van der Waals surface area contributed by atoms with E-state index in [1.54, 1.807) is 0 Å². The molecule has 0 bridgehead atoms. The maximum Gasteiger partial charge on any atom is 0.261 e. The topological polar surface area (TPSA) is 89.5 Å². The van der Waals surface area contributed by atoms with Gasteiger partial charge in [-0.25, -0.2) is 21.2 Å². The first-order valence-electron chi connectivity index (χ1n) is 6.04. The molecule has 21 heavy (non-hydrogen) atoms. The van der Waals surface area contributed by atoms with Crippen molar-refractivity contribution in [2.45, 2.75) is 23.0 Å². The van der Waals surface area contributed by atoms with Crippen molar-refractivity contribution in [1.29, 1.82) is 0 Å². The van der Waals surface area contributed by atoms with Gasteiger partial charge < -0.3 is 4.74 Å². The van der Waals surface area contributed by atoms with Crippen LogP contribution in [-0.4, -0.2) is 35.3 Å². The number of sulfonamides is 1. The second-order valence-electron chi connectivity index (χ2n) is 4.54. The monoisotopic (exact) mass is 357 g/mol. The summed E-state index contributed by atoms with van der Waals surface area (Å²) in [6, 6.07) is 2.74. The Bertz CT molecular complexity index is 729. The lowest BCUT2D eigenvalue weighted by Gasteiger charge is -2.22. The van der Waals surface area contributed by atoms with Crippen molar-refractivity contribution in [3.63, 3.8) is 0 Å². The first-order valence-corrected chi connectivity index (χ1v) is 9.89. The third kappa shape index (κ3) is 4.06. The van der Waals surface area contributed by atoms with Gasteiger partial charge in [-0.15, -0.1) is 0 Å². The summed E-state index contributed by atoms with van der Waals surface area (Å²) in [5.74, 6) is -1.01. The van der Waals surface area contributed by atoms with Gasteiger partial charge in [0.1, 0.15) is 5.82 Å². The molecule has 10 heteroatoms. The molecule has 0 unspecified atom stereocenters. The molecule has 0 aromatic heterocycles. The molecule has 1 aliphatic heterocycles. The Labute approximate surface area is 126 Å². The van der Waals surface area contributed by atoms with Gasteiger partial charge in [-0.3, -0.25) is 4.72 Å². The van der Waals surface area contributed by atoms with Gasteiger partial charge in [0, 0.05) is 23.9 Å². The third-order valence-electron chi connectivity index (χ3n) is 3.08. The van der Waals surface area contributed by atoms with Crippen LogP contribution in [0.25, 0.3) is 0 Å². The average molecular weight is 358 g/mol. The highest BCUT2D eigenvalue weighted by molar-refractivity contribution is 8.13. The van der Waals surface area contributed by atoms with Crippen molar-refractivity contribution < 1.29 is 26.0 Å². The van der Waals surface area contributed by atoms with Crippen LogP contribution in [0.15, 0.2) is 23.1 Å². The van der Waals surface area contributed by atoms with Gasteiger partial charge >= 0.3 is 0 Å². The second-order valence-corrected chi connectivity index (χ2v) is 9.07. The Morgan fingerprint density at radius 3 is 2.33 bits per heavy atom. The van der Waals surface area contributed by atoms with Crippen LogP contribution >= 0.6 is 10.7 Å². The molecule has 0 spiro atoms. The normalized spacial score (nSPS) is 17.6. The predicted octanol–water partition coefficient (Wildman–Crippen LogP) is 1.67. The van der Waals surface area contributed by atoms with Gasteiger partial charge in [-0.05, 0) is 31.0 Å². The van der Waals surface area contributed by atoms with E-state index < -0.39 is 35.0 Å². The molecular weight excluding hydrogens is 345 g/mol. The molecule has 1 heterocycles. The minimum atomic E-state index is -4.07. The Hall–Kier alpha value is -0.900. The van der Waals surface area contributed by atoms with Gasteiger partial charge in [0.25, 0.3) is 9.05 Å². The van der Waals surface area contributed by atoms with Crippen molar-refractivity contribution >= 4 is 35.4 Å². The summed E-state index contributed by atoms with van der Waals surface area (Å²) in [5.41, 5.74) is -0.314. The lowest BCUT2D eigenvalue weighted by atomic mass is 10.2.